The van der Waals surface area contributed by atoms with E-state index >= 15 is 0 Å². The highest BCUT2D eigenvalue weighted by atomic mass is 16.2. The Morgan fingerprint density at radius 3 is 2.23 bits per heavy atom. The zero-order valence-electron chi connectivity index (χ0n) is 19.5. The van der Waals surface area contributed by atoms with E-state index in [2.05, 4.69) is 16.8 Å². The minimum absolute atomic E-state index is 0.0464. The molecule has 0 aromatic heterocycles. The van der Waals surface area contributed by atoms with E-state index < -0.39 is 0 Å². The lowest BCUT2D eigenvalue weighted by Gasteiger charge is -2.24. The lowest BCUT2D eigenvalue weighted by molar-refractivity contribution is -0.121. The van der Waals surface area contributed by atoms with Crippen molar-refractivity contribution in [3.8, 4) is 11.8 Å². The maximum atomic E-state index is 12.7. The van der Waals surface area contributed by atoms with Crippen molar-refractivity contribution in [2.45, 2.75) is 59.9 Å². The lowest BCUT2D eigenvalue weighted by atomic mass is 10.1. The van der Waals surface area contributed by atoms with Gasteiger partial charge in [-0.15, -0.1) is 0 Å². The molecule has 0 bridgehead atoms. The van der Waals surface area contributed by atoms with Crippen LogP contribution in [-0.4, -0.2) is 43.1 Å². The van der Waals surface area contributed by atoms with E-state index in [-0.39, 0.29) is 23.8 Å². The van der Waals surface area contributed by atoms with E-state index in [1.54, 1.807) is 37.3 Å². The fraction of sp³-hybridized carbons (Fsp3) is 0.480. The van der Waals surface area contributed by atoms with Crippen LogP contribution >= 0.6 is 0 Å². The third-order valence-electron chi connectivity index (χ3n) is 4.68. The second-order valence-corrected chi connectivity index (χ2v) is 6.57. The van der Waals surface area contributed by atoms with Crippen LogP contribution in [0.25, 0.3) is 0 Å². The maximum absolute atomic E-state index is 12.7. The first kappa shape index (κ1) is 27.1. The van der Waals surface area contributed by atoms with Crippen LogP contribution in [0.15, 0.2) is 40.9 Å². The van der Waals surface area contributed by atoms with Crippen molar-refractivity contribution in [1.29, 1.82) is 0 Å². The van der Waals surface area contributed by atoms with Gasteiger partial charge in [-0.2, -0.15) is 0 Å². The quantitative estimate of drug-likeness (QED) is 0.586. The lowest BCUT2D eigenvalue weighted by Crippen LogP contribution is -2.36. The Hall–Kier alpha value is -2.87. The number of rotatable bonds is 4. The minimum Gasteiger partial charge on any atom is -0.369 e. The van der Waals surface area contributed by atoms with Gasteiger partial charge in [-0.25, -0.2) is 0 Å². The Balaban J connectivity index is 0.00000198. The molecule has 30 heavy (non-hydrogen) atoms. The van der Waals surface area contributed by atoms with Crippen LogP contribution in [0.5, 0.6) is 0 Å². The summed E-state index contributed by atoms with van der Waals surface area (Å²) in [5.41, 5.74) is 7.76. The molecule has 0 heterocycles. The summed E-state index contributed by atoms with van der Waals surface area (Å²) in [6, 6.07) is 7.32. The number of nitrogens with zero attached hydrogens (tertiary/aromatic N) is 2. The number of amides is 2. The minimum atomic E-state index is -0.272. The van der Waals surface area contributed by atoms with Crippen molar-refractivity contribution >= 4 is 18.0 Å². The molecule has 1 aromatic rings. The number of hydrogen-bond donors (Lipinski definition) is 1. The average Bonchev–Trinajstić information content (AvgIpc) is 3.29. The molecule has 1 aromatic carbocycles. The molecular formula is C25H37N3O2. The highest BCUT2D eigenvalue weighted by Gasteiger charge is 2.32. The van der Waals surface area contributed by atoms with Gasteiger partial charge in [0.05, 0.1) is 0 Å². The third-order valence-corrected chi connectivity index (χ3v) is 4.68. The van der Waals surface area contributed by atoms with Crippen molar-refractivity contribution in [2.75, 3.05) is 14.1 Å². The van der Waals surface area contributed by atoms with Crippen LogP contribution < -0.4 is 5.73 Å². The largest absolute Gasteiger partial charge is 0.369 e. The summed E-state index contributed by atoms with van der Waals surface area (Å²) in [5.74, 6) is 5.67. The van der Waals surface area contributed by atoms with Crippen molar-refractivity contribution in [1.82, 2.24) is 4.90 Å². The van der Waals surface area contributed by atoms with Crippen molar-refractivity contribution in [3.05, 3.63) is 47.0 Å². The molecule has 1 aliphatic rings. The number of primary amides is 1. The molecule has 0 saturated heterocycles. The monoisotopic (exact) mass is 411 g/mol. The van der Waals surface area contributed by atoms with Gasteiger partial charge in [-0.05, 0) is 56.5 Å². The molecule has 0 aliphatic heterocycles. The molecule has 1 aliphatic carbocycles. The molecule has 2 atom stereocenters. The van der Waals surface area contributed by atoms with E-state index in [0.29, 0.717) is 12.0 Å². The third kappa shape index (κ3) is 8.65. The molecule has 0 unspecified atom stereocenters. The van der Waals surface area contributed by atoms with Crippen LogP contribution in [0.1, 0.15) is 69.8 Å². The van der Waals surface area contributed by atoms with Gasteiger partial charge < -0.3 is 10.6 Å². The Bertz CT molecular complexity index is 783. The normalized spacial score (nSPS) is 17.6. The molecule has 2 rings (SSSR count). The van der Waals surface area contributed by atoms with Gasteiger partial charge in [0, 0.05) is 49.0 Å². The SMILES string of the molecule is CC.CC.CN=C/C=C(\C)C#Cc1ccc(C(=O)N(C)[C@@H]2CC[C@H](C(N)=O)C2)cc1. The molecule has 5 heteroatoms. The summed E-state index contributed by atoms with van der Waals surface area (Å²) < 4.78 is 0. The first-order valence-electron chi connectivity index (χ1n) is 10.7. The summed E-state index contributed by atoms with van der Waals surface area (Å²) in [7, 11) is 3.50. The predicted molar refractivity (Wildman–Crippen MR) is 127 cm³/mol. The molecular weight excluding hydrogens is 374 g/mol. The predicted octanol–water partition coefficient (Wildman–Crippen LogP) is 4.46. The summed E-state index contributed by atoms with van der Waals surface area (Å²) in [6.45, 7) is 9.92. The number of aliphatic imine (C=N–C) groups is 1. The molecule has 2 N–H and O–H groups in total. The van der Waals surface area contributed by atoms with E-state index in [1.165, 1.54) is 0 Å². The van der Waals surface area contributed by atoms with Gasteiger partial charge in [0.2, 0.25) is 5.91 Å². The average molecular weight is 412 g/mol. The zero-order chi connectivity index (χ0) is 23.1. The second kappa shape index (κ2) is 15.0. The summed E-state index contributed by atoms with van der Waals surface area (Å²) in [4.78, 5) is 29.6. The smallest absolute Gasteiger partial charge is 0.253 e. The van der Waals surface area contributed by atoms with E-state index in [1.807, 2.05) is 52.8 Å². The Kier molecular flexibility index (Phi) is 13.6. The van der Waals surface area contributed by atoms with Gasteiger partial charge in [0.25, 0.3) is 5.91 Å². The molecule has 1 fully saturated rings. The molecule has 5 nitrogen and oxygen atoms in total. The van der Waals surface area contributed by atoms with E-state index in [4.69, 9.17) is 5.73 Å². The molecule has 2 amide bonds. The van der Waals surface area contributed by atoms with Gasteiger partial charge in [-0.3, -0.25) is 14.6 Å². The fourth-order valence-corrected chi connectivity index (χ4v) is 3.03. The highest BCUT2D eigenvalue weighted by Crippen LogP contribution is 2.29. The number of allylic oxidation sites excluding steroid dienone is 2. The highest BCUT2D eigenvalue weighted by molar-refractivity contribution is 5.94. The van der Waals surface area contributed by atoms with Crippen molar-refractivity contribution in [3.63, 3.8) is 0 Å². The number of nitrogens with two attached hydrogens (primary N) is 1. The number of hydrogen-bond acceptors (Lipinski definition) is 3. The number of carbonyl (C=O) groups is 2. The Morgan fingerprint density at radius 1 is 1.13 bits per heavy atom. The summed E-state index contributed by atoms with van der Waals surface area (Å²) in [5, 5.41) is 0. The van der Waals surface area contributed by atoms with E-state index in [9.17, 15) is 9.59 Å². The standard InChI is InChI=1S/C21H25N3O2.2C2H6/c1-15(12-13-23-2)4-5-16-6-8-17(9-7-16)21(26)24(3)19-11-10-18(14-19)20(22)25;2*1-2/h6-9,12-13,18-19H,10-11,14H2,1-3H3,(H2,22,25);2*1-2H3/b15-12+,23-13?;;/t18-,19+;;/m0../s1. The van der Waals surface area contributed by atoms with Crippen LogP contribution in [0.4, 0.5) is 0 Å². The van der Waals surface area contributed by atoms with Crippen molar-refractivity contribution < 1.29 is 9.59 Å². The van der Waals surface area contributed by atoms with Crippen LogP contribution in [0, 0.1) is 17.8 Å². The molecule has 0 radical (unpaired) electrons. The number of benzene rings is 1. The fourth-order valence-electron chi connectivity index (χ4n) is 3.03. The van der Waals surface area contributed by atoms with Gasteiger partial charge in [0.1, 0.15) is 0 Å². The summed E-state index contributed by atoms with van der Waals surface area (Å²) in [6.07, 6.45) is 5.76. The first-order chi connectivity index (χ1) is 14.4. The van der Waals surface area contributed by atoms with Crippen molar-refractivity contribution in [2.24, 2.45) is 16.6 Å². The number of carbonyl (C=O) groups excluding carboxylic acids is 2. The van der Waals surface area contributed by atoms with Crippen LogP contribution in [0.3, 0.4) is 0 Å². The maximum Gasteiger partial charge on any atom is 0.253 e. The molecule has 164 valence electrons. The van der Waals surface area contributed by atoms with E-state index in [0.717, 1.165) is 24.0 Å². The topological polar surface area (TPSA) is 75.8 Å². The van der Waals surface area contributed by atoms with Crippen LogP contribution in [0.2, 0.25) is 0 Å². The molecule has 1 saturated carbocycles. The second-order valence-electron chi connectivity index (χ2n) is 6.57. The van der Waals surface area contributed by atoms with Gasteiger partial charge in [-0.1, -0.05) is 39.5 Å². The Labute approximate surface area is 182 Å². The molecule has 0 spiro atoms. The van der Waals surface area contributed by atoms with Gasteiger partial charge in [0.15, 0.2) is 0 Å². The van der Waals surface area contributed by atoms with Crippen LogP contribution in [-0.2, 0) is 4.79 Å². The first-order valence-corrected chi connectivity index (χ1v) is 10.7. The Morgan fingerprint density at radius 2 is 1.73 bits per heavy atom. The zero-order valence-corrected chi connectivity index (χ0v) is 19.5. The van der Waals surface area contributed by atoms with Gasteiger partial charge >= 0.3 is 0 Å². The summed E-state index contributed by atoms with van der Waals surface area (Å²) >= 11 is 0.